The summed E-state index contributed by atoms with van der Waals surface area (Å²) in [4.78, 5) is 35.5. The lowest BCUT2D eigenvalue weighted by Gasteiger charge is -2.24. The SMILES string of the molecule is CC/C=C\C/C=C\C\C=C/C=C/C=C/C1OC1CCCC(=O)OC(COC(=O)CCCCCCC/C=C\CCCCCCCC)COP(=O)(O)OCC[N+](C)(C)C. The van der Waals surface area contributed by atoms with Crippen molar-refractivity contribution in [2.24, 2.45) is 0 Å². The molecular weight excluding hydrogens is 741 g/mol. The Bertz CT molecular complexity index is 1270. The summed E-state index contributed by atoms with van der Waals surface area (Å²) < 4.78 is 40.0. The molecule has 4 atom stereocenters. The van der Waals surface area contributed by atoms with Crippen LogP contribution in [0.2, 0.25) is 0 Å². The number of rotatable bonds is 37. The van der Waals surface area contributed by atoms with Crippen LogP contribution in [0.3, 0.4) is 0 Å². The van der Waals surface area contributed by atoms with Crippen molar-refractivity contribution < 1.29 is 46.8 Å². The molecule has 1 fully saturated rings. The summed E-state index contributed by atoms with van der Waals surface area (Å²) in [5, 5.41) is 0. The number of quaternary nitrogens is 1. The van der Waals surface area contributed by atoms with Gasteiger partial charge in [-0.05, 0) is 64.2 Å². The Balaban J connectivity index is 2.38. The van der Waals surface area contributed by atoms with E-state index in [2.05, 4.69) is 56.4 Å². The Morgan fingerprint density at radius 2 is 1.32 bits per heavy atom. The van der Waals surface area contributed by atoms with Crippen molar-refractivity contribution in [1.82, 2.24) is 0 Å². The molecule has 1 aliphatic rings. The number of carbonyl (C=O) groups excluding carboxylic acids is 2. The molecule has 0 saturated carbocycles. The maximum atomic E-state index is 12.7. The first kappa shape index (κ1) is 52.4. The van der Waals surface area contributed by atoms with Crippen molar-refractivity contribution in [2.75, 3.05) is 47.5 Å². The van der Waals surface area contributed by atoms with E-state index < -0.39 is 32.5 Å². The molecule has 11 heteroatoms. The monoisotopic (exact) mass is 821 g/mol. The zero-order valence-electron chi connectivity index (χ0n) is 36.2. The van der Waals surface area contributed by atoms with Gasteiger partial charge in [-0.15, -0.1) is 0 Å². The highest BCUT2D eigenvalue weighted by Gasteiger charge is 2.35. The molecule has 1 N–H and O–H groups in total. The standard InChI is InChI=1S/C46H78NO9P/c1-6-8-10-12-14-16-18-20-21-22-24-26-28-30-32-36-45(48)52-40-42(41-54-57(50,51)53-39-38-47(3,4)5)55-46(49)37-33-35-44-43(56-44)34-31-29-27-25-23-19-17-15-13-11-9-7-2/h9,11,15,17,20-21,23,25,27,29,31,34,42-44H,6-8,10,12-14,16,18-19,22,24,26,28,30,32-33,35-41H2,1-5H3/p+1/b11-9-,17-15-,21-20-,25-23-,29-27+,34-31+. The second kappa shape index (κ2) is 34.3. The second-order valence-corrected chi connectivity index (χ2v) is 17.2. The van der Waals surface area contributed by atoms with E-state index in [1.165, 1.54) is 44.9 Å². The van der Waals surface area contributed by atoms with Crippen LogP contribution in [-0.4, -0.2) is 87.1 Å². The predicted octanol–water partition coefficient (Wildman–Crippen LogP) is 11.2. The number of esters is 2. The van der Waals surface area contributed by atoms with E-state index in [1.54, 1.807) is 0 Å². The van der Waals surface area contributed by atoms with Crippen LogP contribution in [0.4, 0.5) is 0 Å². The van der Waals surface area contributed by atoms with Crippen molar-refractivity contribution in [3.05, 3.63) is 72.9 Å². The molecule has 0 aromatic rings. The Hall–Kier alpha value is -2.59. The molecule has 0 aromatic heterocycles. The molecule has 4 unspecified atom stereocenters. The lowest BCUT2D eigenvalue weighted by molar-refractivity contribution is -0.870. The van der Waals surface area contributed by atoms with Crippen LogP contribution in [0, 0.1) is 0 Å². The molecule has 10 nitrogen and oxygen atoms in total. The van der Waals surface area contributed by atoms with E-state index in [1.807, 2.05) is 51.5 Å². The first-order chi connectivity index (χ1) is 27.5. The van der Waals surface area contributed by atoms with Gasteiger partial charge in [0, 0.05) is 12.8 Å². The third kappa shape index (κ3) is 35.1. The first-order valence-corrected chi connectivity index (χ1v) is 23.3. The minimum atomic E-state index is -4.41. The molecule has 0 aromatic carbocycles. The highest BCUT2D eigenvalue weighted by atomic mass is 31.2. The van der Waals surface area contributed by atoms with Gasteiger partial charge in [0.25, 0.3) is 0 Å². The topological polar surface area (TPSA) is 121 Å². The van der Waals surface area contributed by atoms with Gasteiger partial charge in [-0.3, -0.25) is 18.6 Å². The number of hydrogen-bond acceptors (Lipinski definition) is 8. The van der Waals surface area contributed by atoms with Gasteiger partial charge in [-0.25, -0.2) is 4.57 Å². The summed E-state index contributed by atoms with van der Waals surface area (Å²) in [5.74, 6) is -0.913. The van der Waals surface area contributed by atoms with Gasteiger partial charge in [0.15, 0.2) is 6.10 Å². The average molecular weight is 821 g/mol. The Morgan fingerprint density at radius 1 is 0.702 bits per heavy atom. The van der Waals surface area contributed by atoms with Crippen molar-refractivity contribution in [3.8, 4) is 0 Å². The van der Waals surface area contributed by atoms with Gasteiger partial charge < -0.3 is 23.6 Å². The fourth-order valence-electron chi connectivity index (χ4n) is 5.68. The molecule has 1 heterocycles. The fraction of sp³-hybridized carbons (Fsp3) is 0.696. The van der Waals surface area contributed by atoms with Gasteiger partial charge >= 0.3 is 19.8 Å². The van der Waals surface area contributed by atoms with Crippen molar-refractivity contribution in [1.29, 1.82) is 0 Å². The number of epoxide rings is 1. The van der Waals surface area contributed by atoms with E-state index in [0.29, 0.717) is 30.3 Å². The number of allylic oxidation sites excluding steroid dienone is 11. The summed E-state index contributed by atoms with van der Waals surface area (Å²) in [6.07, 6.45) is 44.1. The van der Waals surface area contributed by atoms with Crippen LogP contribution in [0.15, 0.2) is 72.9 Å². The molecule has 0 aliphatic carbocycles. The predicted molar refractivity (Wildman–Crippen MR) is 233 cm³/mol. The third-order valence-corrected chi connectivity index (χ3v) is 10.2. The number of phosphoric ester groups is 1. The van der Waals surface area contributed by atoms with Gasteiger partial charge in [-0.2, -0.15) is 0 Å². The quantitative estimate of drug-likeness (QED) is 0.0124. The van der Waals surface area contributed by atoms with Gasteiger partial charge in [0.1, 0.15) is 25.9 Å². The largest absolute Gasteiger partial charge is 0.472 e. The lowest BCUT2D eigenvalue weighted by Crippen LogP contribution is -2.37. The Morgan fingerprint density at radius 3 is 2.00 bits per heavy atom. The average Bonchev–Trinajstić information content (AvgIpc) is 3.91. The van der Waals surface area contributed by atoms with Gasteiger partial charge in [0.05, 0.1) is 33.9 Å². The number of nitrogens with zero attached hydrogens (tertiary/aromatic N) is 1. The minimum Gasteiger partial charge on any atom is -0.462 e. The van der Waals surface area contributed by atoms with E-state index in [0.717, 1.165) is 51.4 Å². The number of likely N-dealkylation sites (N-methyl/N-ethyl adjacent to an activating group) is 1. The molecule has 57 heavy (non-hydrogen) atoms. The van der Waals surface area contributed by atoms with Crippen LogP contribution >= 0.6 is 7.82 Å². The molecule has 0 amide bonds. The van der Waals surface area contributed by atoms with Crippen LogP contribution in [0.25, 0.3) is 0 Å². The fourth-order valence-corrected chi connectivity index (χ4v) is 6.42. The summed E-state index contributed by atoms with van der Waals surface area (Å²) in [5.41, 5.74) is 0. The summed E-state index contributed by atoms with van der Waals surface area (Å²) in [6, 6.07) is 0. The van der Waals surface area contributed by atoms with Crippen molar-refractivity contribution >= 4 is 19.8 Å². The van der Waals surface area contributed by atoms with E-state index in [-0.39, 0.29) is 38.3 Å². The van der Waals surface area contributed by atoms with Crippen LogP contribution in [-0.2, 0) is 37.4 Å². The smallest absolute Gasteiger partial charge is 0.462 e. The molecule has 326 valence electrons. The number of phosphoric acid groups is 1. The molecule has 1 rings (SSSR count). The molecule has 1 saturated heterocycles. The van der Waals surface area contributed by atoms with Gasteiger partial charge in [-0.1, -0.05) is 138 Å². The van der Waals surface area contributed by atoms with Crippen LogP contribution < -0.4 is 0 Å². The molecule has 1 aliphatic heterocycles. The van der Waals surface area contributed by atoms with Crippen LogP contribution in [0.1, 0.15) is 142 Å². The number of ether oxygens (including phenoxy) is 3. The third-order valence-electron chi connectivity index (χ3n) is 9.19. The second-order valence-electron chi connectivity index (χ2n) is 15.8. The normalized spacial score (nSPS) is 17.9. The van der Waals surface area contributed by atoms with E-state index in [9.17, 15) is 19.0 Å². The highest BCUT2D eigenvalue weighted by Crippen LogP contribution is 2.43. The van der Waals surface area contributed by atoms with Gasteiger partial charge in [0.2, 0.25) is 0 Å². The molecule has 0 bridgehead atoms. The summed E-state index contributed by atoms with van der Waals surface area (Å²) in [7, 11) is 1.40. The summed E-state index contributed by atoms with van der Waals surface area (Å²) in [6.45, 7) is 4.16. The van der Waals surface area contributed by atoms with Crippen LogP contribution in [0.5, 0.6) is 0 Å². The number of unbranched alkanes of at least 4 members (excludes halogenated alkanes) is 11. The maximum absolute atomic E-state index is 12.7. The molecular formula is C46H79NO9P+. The van der Waals surface area contributed by atoms with E-state index >= 15 is 0 Å². The number of hydrogen-bond donors (Lipinski definition) is 1. The van der Waals surface area contributed by atoms with Crippen molar-refractivity contribution in [3.63, 3.8) is 0 Å². The Kier molecular flexibility index (Phi) is 31.5. The lowest BCUT2D eigenvalue weighted by atomic mass is 10.1. The minimum absolute atomic E-state index is 0.00880. The Labute approximate surface area is 346 Å². The van der Waals surface area contributed by atoms with Crippen molar-refractivity contribution in [2.45, 2.75) is 161 Å². The highest BCUT2D eigenvalue weighted by molar-refractivity contribution is 7.47. The first-order valence-electron chi connectivity index (χ1n) is 21.8. The number of carbonyl (C=O) groups is 2. The zero-order chi connectivity index (χ0) is 41.9. The molecule has 0 spiro atoms. The maximum Gasteiger partial charge on any atom is 0.472 e. The van der Waals surface area contributed by atoms with E-state index in [4.69, 9.17) is 23.3 Å². The zero-order valence-corrected chi connectivity index (χ0v) is 37.1. The molecule has 0 radical (unpaired) electrons. The summed E-state index contributed by atoms with van der Waals surface area (Å²) >= 11 is 0.